The zero-order valence-electron chi connectivity index (χ0n) is 26.4. The zero-order chi connectivity index (χ0) is 30.3. The Morgan fingerprint density at radius 2 is 0.162 bits per heavy atom. The van der Waals surface area contributed by atoms with Gasteiger partial charge in [-0.3, -0.25) is 0 Å². The Balaban J connectivity index is -0.000000111. The summed E-state index contributed by atoms with van der Waals surface area (Å²) in [6, 6.07) is 0. The van der Waals surface area contributed by atoms with E-state index < -0.39 is 0 Å². The van der Waals surface area contributed by atoms with Crippen molar-refractivity contribution in [1.82, 2.24) is 0 Å². The highest BCUT2D eigenvalue weighted by molar-refractivity contribution is 4.52. The summed E-state index contributed by atoms with van der Waals surface area (Å²) in [4.78, 5) is 0. The molecule has 1 rings (SSSR count). The summed E-state index contributed by atoms with van der Waals surface area (Å²) >= 11 is 0. The first-order chi connectivity index (χ1) is 18.5. The van der Waals surface area contributed by atoms with E-state index in [0.29, 0.717) is 0 Å². The highest BCUT2D eigenvalue weighted by Gasteiger charge is 1.97. The summed E-state index contributed by atoms with van der Waals surface area (Å²) in [6.07, 6.45) is 34.5. The van der Waals surface area contributed by atoms with Crippen LogP contribution in [0.15, 0.2) is 0 Å². The Hall–Kier alpha value is -0.280. The van der Waals surface area contributed by atoms with Crippen LogP contribution in [0.2, 0.25) is 0 Å². The Bertz CT molecular complexity index is 130. The fourth-order valence-corrected chi connectivity index (χ4v) is 4.07. The van der Waals surface area contributed by atoms with E-state index >= 15 is 0 Å². The van der Waals surface area contributed by atoms with Crippen LogP contribution in [0.1, 0.15) is 148 Å². The average Bonchev–Trinajstić information content (AvgIpc) is 3.01. The molecule has 7 nitrogen and oxygen atoms in total. The molecule has 0 saturated heterocycles. The third-order valence-electron chi connectivity index (χ3n) is 5.75. The third kappa shape index (κ3) is 78.7. The number of rotatable bonds is 0. The molecule has 0 bridgehead atoms. The Morgan fingerprint density at radius 1 is 0.135 bits per heavy atom. The molecule has 0 aromatic rings. The minimum absolute atomic E-state index is 1.00. The van der Waals surface area contributed by atoms with Gasteiger partial charge in [0.05, 0.1) is 0 Å². The van der Waals surface area contributed by atoms with Gasteiger partial charge >= 0.3 is 0 Å². The van der Waals surface area contributed by atoms with E-state index in [9.17, 15) is 0 Å². The van der Waals surface area contributed by atoms with Crippen molar-refractivity contribution in [3.63, 3.8) is 0 Å². The molecule has 0 amide bonds. The summed E-state index contributed by atoms with van der Waals surface area (Å²) in [5.74, 6) is 0. The summed E-state index contributed by atoms with van der Waals surface area (Å²) in [5, 5.41) is 49.0. The molecular weight excluding hydrogens is 472 g/mol. The largest absolute Gasteiger partial charge is 0.400 e. The van der Waals surface area contributed by atoms with Gasteiger partial charge < -0.3 is 35.7 Å². The van der Waals surface area contributed by atoms with E-state index in [1.165, 1.54) is 148 Å². The van der Waals surface area contributed by atoms with Gasteiger partial charge in [-0.05, 0) is 0 Å². The number of hydrogen-bond donors (Lipinski definition) is 7. The van der Waals surface area contributed by atoms with E-state index in [1.807, 2.05) is 0 Å². The van der Waals surface area contributed by atoms with Crippen LogP contribution in [0.4, 0.5) is 0 Å². The predicted octanol–water partition coefficient (Wildman–Crippen LogP) is 6.23. The smallest absolute Gasteiger partial charge is 0.0319 e. The first-order valence-electron chi connectivity index (χ1n) is 14.6. The quantitative estimate of drug-likeness (QED) is 0.191. The molecule has 1 aliphatic carbocycles. The maximum atomic E-state index is 7.00. The molecule has 0 aromatic heterocycles. The lowest BCUT2D eigenvalue weighted by atomic mass is 10.0. The van der Waals surface area contributed by atoms with Crippen molar-refractivity contribution in [2.45, 2.75) is 148 Å². The number of aliphatic hydroxyl groups is 7. The van der Waals surface area contributed by atoms with E-state index in [4.69, 9.17) is 35.7 Å². The lowest BCUT2D eigenvalue weighted by molar-refractivity contribution is 0.399. The van der Waals surface area contributed by atoms with Gasteiger partial charge in [0.25, 0.3) is 0 Å². The average molecular weight is 547 g/mol. The first-order valence-corrected chi connectivity index (χ1v) is 14.6. The van der Waals surface area contributed by atoms with Gasteiger partial charge in [0.2, 0.25) is 0 Å². The van der Waals surface area contributed by atoms with Crippen molar-refractivity contribution >= 4 is 0 Å². The minimum atomic E-state index is 1.00. The molecule has 1 aliphatic rings. The maximum Gasteiger partial charge on any atom is 0.0319 e. The normalized spacial score (nSPS) is 16.1. The Labute approximate surface area is 233 Å². The molecule has 236 valence electrons. The molecule has 7 N–H and O–H groups in total. The highest BCUT2D eigenvalue weighted by Crippen LogP contribution is 2.16. The Morgan fingerprint density at radius 3 is 0.189 bits per heavy atom. The molecule has 0 radical (unpaired) electrons. The van der Waals surface area contributed by atoms with E-state index in [2.05, 4.69) is 0 Å². The summed E-state index contributed by atoms with van der Waals surface area (Å²) in [5.41, 5.74) is 0. The van der Waals surface area contributed by atoms with Crippen LogP contribution in [0, 0.1) is 0 Å². The number of hydrogen-bond acceptors (Lipinski definition) is 7. The van der Waals surface area contributed by atoms with Crippen molar-refractivity contribution in [1.29, 1.82) is 0 Å². The van der Waals surface area contributed by atoms with Gasteiger partial charge in [-0.1, -0.05) is 148 Å². The molecule has 0 atom stereocenters. The monoisotopic (exact) mass is 547 g/mol. The fraction of sp³-hybridized carbons (Fsp3) is 1.00. The Kier molecular flexibility index (Phi) is 120. The topological polar surface area (TPSA) is 142 Å². The molecule has 0 heterocycles. The summed E-state index contributed by atoms with van der Waals surface area (Å²) in [6.45, 7) is 0. The summed E-state index contributed by atoms with van der Waals surface area (Å²) < 4.78 is 0. The van der Waals surface area contributed by atoms with Gasteiger partial charge in [0.15, 0.2) is 0 Å². The fourth-order valence-electron chi connectivity index (χ4n) is 4.07. The van der Waals surface area contributed by atoms with Gasteiger partial charge in [0.1, 0.15) is 0 Å². The SMILES string of the molecule is C1CCCCCCCCCCCCCCCCCCCCCC1.CO.CO.CO.CO.CO.CO.CO. The van der Waals surface area contributed by atoms with Gasteiger partial charge in [0, 0.05) is 49.8 Å². The lowest BCUT2D eigenvalue weighted by Crippen LogP contribution is -1.84. The molecule has 0 aliphatic heterocycles. The molecule has 1 fully saturated rings. The third-order valence-corrected chi connectivity index (χ3v) is 5.75. The van der Waals surface area contributed by atoms with E-state index in [0.717, 1.165) is 49.8 Å². The van der Waals surface area contributed by atoms with Crippen LogP contribution in [-0.2, 0) is 0 Å². The second kappa shape index (κ2) is 83.4. The molecule has 37 heavy (non-hydrogen) atoms. The van der Waals surface area contributed by atoms with Crippen molar-refractivity contribution in [3.8, 4) is 0 Å². The van der Waals surface area contributed by atoms with Crippen molar-refractivity contribution in [2.75, 3.05) is 49.8 Å². The highest BCUT2D eigenvalue weighted by atomic mass is 16.2. The second-order valence-electron chi connectivity index (χ2n) is 8.13. The predicted molar refractivity (Wildman–Crippen MR) is 163 cm³/mol. The van der Waals surface area contributed by atoms with Crippen molar-refractivity contribution < 1.29 is 35.7 Å². The molecule has 0 aromatic carbocycles. The van der Waals surface area contributed by atoms with E-state index in [-0.39, 0.29) is 0 Å². The van der Waals surface area contributed by atoms with Crippen LogP contribution in [0.25, 0.3) is 0 Å². The van der Waals surface area contributed by atoms with Gasteiger partial charge in [-0.25, -0.2) is 0 Å². The van der Waals surface area contributed by atoms with Crippen molar-refractivity contribution in [2.24, 2.45) is 0 Å². The minimum Gasteiger partial charge on any atom is -0.400 e. The van der Waals surface area contributed by atoms with Gasteiger partial charge in [-0.15, -0.1) is 0 Å². The molecule has 0 unspecified atom stereocenters. The van der Waals surface area contributed by atoms with Crippen LogP contribution in [0.3, 0.4) is 0 Å². The number of aliphatic hydroxyl groups excluding tert-OH is 7. The van der Waals surface area contributed by atoms with Crippen LogP contribution >= 0.6 is 0 Å². The zero-order valence-corrected chi connectivity index (χ0v) is 26.4. The molecular formula is C30H74O7. The standard InChI is InChI=1S/C23H46.7CH4O/c1-2-4-6-8-10-12-14-16-18-20-22-23-21-19-17-15-13-11-9-7-5-3-1;7*1-2/h1-23H2;7*2H,1H3. The van der Waals surface area contributed by atoms with Crippen LogP contribution in [-0.4, -0.2) is 85.5 Å². The van der Waals surface area contributed by atoms with Crippen LogP contribution in [0.5, 0.6) is 0 Å². The van der Waals surface area contributed by atoms with Crippen molar-refractivity contribution in [3.05, 3.63) is 0 Å². The maximum absolute atomic E-state index is 7.00. The van der Waals surface area contributed by atoms with Gasteiger partial charge in [-0.2, -0.15) is 0 Å². The molecule has 0 spiro atoms. The van der Waals surface area contributed by atoms with Crippen LogP contribution < -0.4 is 0 Å². The first kappa shape index (κ1) is 53.0. The molecule has 1 saturated carbocycles. The lowest BCUT2D eigenvalue weighted by Gasteiger charge is -2.03. The summed E-state index contributed by atoms with van der Waals surface area (Å²) in [7, 11) is 7.00. The molecule has 7 heteroatoms. The van der Waals surface area contributed by atoms with E-state index in [1.54, 1.807) is 0 Å². The second-order valence-corrected chi connectivity index (χ2v) is 8.13.